The molecule has 1 atom stereocenters. The van der Waals surface area contributed by atoms with E-state index in [9.17, 15) is 4.79 Å². The minimum atomic E-state index is -0.666. The van der Waals surface area contributed by atoms with Crippen molar-refractivity contribution in [2.24, 2.45) is 5.92 Å². The van der Waals surface area contributed by atoms with E-state index in [1.807, 2.05) is 13.1 Å². The molecule has 0 radical (unpaired) electrons. The van der Waals surface area contributed by atoms with E-state index in [-0.39, 0.29) is 12.0 Å². The van der Waals surface area contributed by atoms with E-state index < -0.39 is 5.97 Å². The minimum Gasteiger partial charge on any atom is -0.481 e. The molecule has 22 heavy (non-hydrogen) atoms. The van der Waals surface area contributed by atoms with Gasteiger partial charge in [-0.25, -0.2) is 0 Å². The van der Waals surface area contributed by atoms with Crippen LogP contribution in [0.5, 0.6) is 0 Å². The molecule has 1 aliphatic rings. The number of carboxylic acid groups (broad SMARTS) is 1. The van der Waals surface area contributed by atoms with Crippen LogP contribution in [0.15, 0.2) is 35.8 Å². The second kappa shape index (κ2) is 6.58. The maximum absolute atomic E-state index is 11.1. The molecule has 1 aliphatic heterocycles. The van der Waals surface area contributed by atoms with E-state index >= 15 is 0 Å². The SMILES string of the molecule is Cc1ccc(C(c2cccs2)N2CCC(C(=O)O)CC2)nc1. The van der Waals surface area contributed by atoms with Crippen LogP contribution in [0.25, 0.3) is 0 Å². The van der Waals surface area contributed by atoms with Crippen LogP contribution in [0.2, 0.25) is 0 Å². The van der Waals surface area contributed by atoms with Gasteiger partial charge in [0.05, 0.1) is 17.7 Å². The number of thiophene rings is 1. The van der Waals surface area contributed by atoms with Gasteiger partial charge in [-0.15, -0.1) is 11.3 Å². The topological polar surface area (TPSA) is 53.4 Å². The van der Waals surface area contributed by atoms with Crippen molar-refractivity contribution in [2.45, 2.75) is 25.8 Å². The standard InChI is InChI=1S/C17H20N2O2S/c1-12-4-5-14(18-11-12)16(15-3-2-10-22-15)19-8-6-13(7-9-19)17(20)21/h2-5,10-11,13,16H,6-9H2,1H3,(H,20,21). The number of aromatic nitrogens is 1. The normalized spacial score (nSPS) is 18.2. The van der Waals surface area contributed by atoms with Gasteiger partial charge in [0.25, 0.3) is 0 Å². The van der Waals surface area contributed by atoms with Crippen LogP contribution in [0.1, 0.15) is 35.0 Å². The van der Waals surface area contributed by atoms with Gasteiger partial charge >= 0.3 is 5.97 Å². The summed E-state index contributed by atoms with van der Waals surface area (Å²) in [6, 6.07) is 8.51. The Kier molecular flexibility index (Phi) is 4.55. The molecule has 1 unspecified atom stereocenters. The van der Waals surface area contributed by atoms with Crippen LogP contribution in [0, 0.1) is 12.8 Å². The molecule has 0 amide bonds. The molecule has 1 fully saturated rings. The third-order valence-corrected chi connectivity index (χ3v) is 5.20. The van der Waals surface area contributed by atoms with E-state index in [0.717, 1.165) is 24.3 Å². The average molecular weight is 316 g/mol. The number of nitrogens with zero attached hydrogens (tertiary/aromatic N) is 2. The first-order chi connectivity index (χ1) is 10.6. The van der Waals surface area contributed by atoms with Gasteiger partial charge in [-0.3, -0.25) is 14.7 Å². The van der Waals surface area contributed by atoms with E-state index in [4.69, 9.17) is 5.11 Å². The first-order valence-electron chi connectivity index (χ1n) is 7.58. The Morgan fingerprint density at radius 2 is 2.14 bits per heavy atom. The highest BCUT2D eigenvalue weighted by Gasteiger charge is 2.31. The number of aryl methyl sites for hydroxylation is 1. The Morgan fingerprint density at radius 1 is 1.36 bits per heavy atom. The van der Waals surface area contributed by atoms with E-state index in [1.165, 1.54) is 4.88 Å². The summed E-state index contributed by atoms with van der Waals surface area (Å²) >= 11 is 1.73. The van der Waals surface area contributed by atoms with Crippen molar-refractivity contribution >= 4 is 17.3 Å². The van der Waals surface area contributed by atoms with Gasteiger partial charge in [0.1, 0.15) is 0 Å². The highest BCUT2D eigenvalue weighted by atomic mass is 32.1. The summed E-state index contributed by atoms with van der Waals surface area (Å²) in [4.78, 5) is 19.4. The summed E-state index contributed by atoms with van der Waals surface area (Å²) in [5.74, 6) is -0.869. The van der Waals surface area contributed by atoms with E-state index in [0.29, 0.717) is 12.8 Å². The highest BCUT2D eigenvalue weighted by molar-refractivity contribution is 7.10. The molecule has 116 valence electrons. The Bertz CT molecular complexity index is 617. The van der Waals surface area contributed by atoms with Crippen molar-refractivity contribution in [3.63, 3.8) is 0 Å². The molecule has 0 spiro atoms. The number of rotatable bonds is 4. The zero-order valence-electron chi connectivity index (χ0n) is 12.6. The summed E-state index contributed by atoms with van der Waals surface area (Å²) < 4.78 is 0. The van der Waals surface area contributed by atoms with Gasteiger partial charge in [0.2, 0.25) is 0 Å². The molecule has 0 aromatic carbocycles. The average Bonchev–Trinajstić information content (AvgIpc) is 3.04. The highest BCUT2D eigenvalue weighted by Crippen LogP contribution is 2.33. The Morgan fingerprint density at radius 3 is 2.68 bits per heavy atom. The number of hydrogen-bond donors (Lipinski definition) is 1. The Hall–Kier alpha value is -1.72. The Balaban J connectivity index is 1.84. The minimum absolute atomic E-state index is 0.135. The number of hydrogen-bond acceptors (Lipinski definition) is 4. The number of likely N-dealkylation sites (tertiary alicyclic amines) is 1. The maximum atomic E-state index is 11.1. The largest absolute Gasteiger partial charge is 0.481 e. The van der Waals surface area contributed by atoms with Crippen LogP contribution in [0.3, 0.4) is 0 Å². The molecule has 2 aromatic heterocycles. The monoisotopic (exact) mass is 316 g/mol. The number of pyridine rings is 1. The van der Waals surface area contributed by atoms with Crippen LogP contribution >= 0.6 is 11.3 Å². The maximum Gasteiger partial charge on any atom is 0.306 e. The van der Waals surface area contributed by atoms with Crippen LogP contribution in [-0.4, -0.2) is 34.0 Å². The number of aliphatic carboxylic acids is 1. The second-order valence-electron chi connectivity index (χ2n) is 5.83. The Labute approximate surface area is 134 Å². The van der Waals surface area contributed by atoms with E-state index in [2.05, 4.69) is 39.5 Å². The second-order valence-corrected chi connectivity index (χ2v) is 6.81. The van der Waals surface area contributed by atoms with Crippen molar-refractivity contribution in [3.8, 4) is 0 Å². The van der Waals surface area contributed by atoms with Gasteiger partial charge in [-0.1, -0.05) is 12.1 Å². The molecular weight excluding hydrogens is 296 g/mol. The fraction of sp³-hybridized carbons (Fsp3) is 0.412. The zero-order valence-corrected chi connectivity index (χ0v) is 13.4. The summed E-state index contributed by atoms with van der Waals surface area (Å²) in [7, 11) is 0. The fourth-order valence-electron chi connectivity index (χ4n) is 3.01. The van der Waals surface area contributed by atoms with Gasteiger partial charge in [-0.05, 0) is 55.9 Å². The lowest BCUT2D eigenvalue weighted by Gasteiger charge is -2.35. The third-order valence-electron chi connectivity index (χ3n) is 4.27. The molecule has 3 heterocycles. The quantitative estimate of drug-likeness (QED) is 0.940. The summed E-state index contributed by atoms with van der Waals surface area (Å²) in [6.07, 6.45) is 3.33. The van der Waals surface area contributed by atoms with E-state index in [1.54, 1.807) is 11.3 Å². The number of piperidine rings is 1. The molecule has 4 nitrogen and oxygen atoms in total. The lowest BCUT2D eigenvalue weighted by atomic mass is 9.95. The van der Waals surface area contributed by atoms with Crippen molar-refractivity contribution < 1.29 is 9.90 Å². The molecule has 0 aliphatic carbocycles. The molecule has 0 saturated carbocycles. The predicted octanol–water partition coefficient (Wildman–Crippen LogP) is 3.34. The van der Waals surface area contributed by atoms with Gasteiger partial charge in [0, 0.05) is 11.1 Å². The van der Waals surface area contributed by atoms with Crippen LogP contribution in [0.4, 0.5) is 0 Å². The summed E-state index contributed by atoms with van der Waals surface area (Å²) in [5.41, 5.74) is 2.19. The van der Waals surface area contributed by atoms with Gasteiger partial charge in [-0.2, -0.15) is 0 Å². The molecule has 5 heteroatoms. The third kappa shape index (κ3) is 3.20. The number of carboxylic acids is 1. The van der Waals surface area contributed by atoms with Crippen molar-refractivity contribution in [3.05, 3.63) is 52.0 Å². The first kappa shape index (κ1) is 15.2. The zero-order chi connectivity index (χ0) is 15.5. The van der Waals surface area contributed by atoms with Crippen molar-refractivity contribution in [1.29, 1.82) is 0 Å². The molecule has 2 aromatic rings. The van der Waals surface area contributed by atoms with Crippen LogP contribution in [-0.2, 0) is 4.79 Å². The van der Waals surface area contributed by atoms with Crippen molar-refractivity contribution in [2.75, 3.05) is 13.1 Å². The van der Waals surface area contributed by atoms with Gasteiger partial charge < -0.3 is 5.11 Å². The summed E-state index contributed by atoms with van der Waals surface area (Å²) in [6.45, 7) is 3.64. The molecule has 1 saturated heterocycles. The number of carbonyl (C=O) groups is 1. The molecule has 0 bridgehead atoms. The molecule has 1 N–H and O–H groups in total. The molecular formula is C17H20N2O2S. The van der Waals surface area contributed by atoms with Gasteiger partial charge in [0.15, 0.2) is 0 Å². The fourth-order valence-corrected chi connectivity index (χ4v) is 3.88. The van der Waals surface area contributed by atoms with Crippen LogP contribution < -0.4 is 0 Å². The lowest BCUT2D eigenvalue weighted by Crippen LogP contribution is -2.39. The smallest absolute Gasteiger partial charge is 0.306 e. The summed E-state index contributed by atoms with van der Waals surface area (Å²) in [5, 5.41) is 11.2. The lowest BCUT2D eigenvalue weighted by molar-refractivity contribution is -0.143. The molecule has 3 rings (SSSR count). The first-order valence-corrected chi connectivity index (χ1v) is 8.46. The predicted molar refractivity (Wildman–Crippen MR) is 87.1 cm³/mol. The van der Waals surface area contributed by atoms with Crippen molar-refractivity contribution in [1.82, 2.24) is 9.88 Å².